The molecule has 0 unspecified atom stereocenters. The van der Waals surface area contributed by atoms with Crippen molar-refractivity contribution in [2.45, 2.75) is 38.1 Å². The minimum atomic E-state index is -1.74. The van der Waals surface area contributed by atoms with Gasteiger partial charge in [-0.3, -0.25) is 4.57 Å². The molecule has 0 spiro atoms. The Morgan fingerprint density at radius 2 is 2.18 bits per heavy atom. The molecule has 1 saturated heterocycles. The number of aryl methyl sites for hydroxylation is 1. The first-order chi connectivity index (χ1) is 13.5. The number of benzene rings is 1. The van der Waals surface area contributed by atoms with Crippen molar-refractivity contribution in [3.05, 3.63) is 47.0 Å². The molecular weight excluding hydrogens is 389 g/mol. The molecule has 1 aliphatic rings. The fourth-order valence-electron chi connectivity index (χ4n) is 3.29. The maximum Gasteiger partial charge on any atom is 0.226 e. The molecule has 1 fully saturated rings. The van der Waals surface area contributed by atoms with Gasteiger partial charge in [-0.2, -0.15) is 9.97 Å². The van der Waals surface area contributed by atoms with Crippen molar-refractivity contribution in [2.24, 2.45) is 0 Å². The molecule has 3 heterocycles. The third-order valence-corrected chi connectivity index (χ3v) is 4.85. The van der Waals surface area contributed by atoms with Crippen LogP contribution in [0.2, 0.25) is 5.28 Å². The minimum Gasteiger partial charge on any atom is -0.394 e. The first kappa shape index (κ1) is 19.0. The van der Waals surface area contributed by atoms with E-state index in [-0.39, 0.29) is 10.9 Å². The second-order valence-electron chi connectivity index (χ2n) is 6.69. The number of hydrogen-bond acceptors (Lipinski definition) is 7. The van der Waals surface area contributed by atoms with E-state index in [0.29, 0.717) is 17.9 Å². The molecule has 28 heavy (non-hydrogen) atoms. The van der Waals surface area contributed by atoms with Crippen LogP contribution < -0.4 is 5.32 Å². The van der Waals surface area contributed by atoms with Gasteiger partial charge >= 0.3 is 0 Å². The summed E-state index contributed by atoms with van der Waals surface area (Å²) in [5.41, 5.74) is 2.86. The highest BCUT2D eigenvalue weighted by atomic mass is 35.5. The number of aliphatic hydroxyl groups is 2. The van der Waals surface area contributed by atoms with Gasteiger partial charge in [-0.05, 0) is 24.1 Å². The molecule has 0 bridgehead atoms. The van der Waals surface area contributed by atoms with E-state index in [2.05, 4.69) is 20.3 Å². The Labute approximate surface area is 165 Å². The number of halogens is 2. The summed E-state index contributed by atoms with van der Waals surface area (Å²) in [6.45, 7) is 2.01. The van der Waals surface area contributed by atoms with E-state index in [4.69, 9.17) is 16.3 Å². The van der Waals surface area contributed by atoms with Gasteiger partial charge in [-0.25, -0.2) is 9.37 Å². The Kier molecular flexibility index (Phi) is 5.15. The first-order valence-corrected chi connectivity index (χ1v) is 9.13. The molecule has 0 radical (unpaired) electrons. The molecule has 4 rings (SSSR count). The Bertz CT molecular complexity index is 1000. The number of aliphatic hydroxyl groups excluding tert-OH is 2. The second-order valence-corrected chi connectivity index (χ2v) is 7.03. The number of aromatic nitrogens is 4. The number of imidazole rings is 1. The zero-order valence-corrected chi connectivity index (χ0v) is 15.7. The lowest BCUT2D eigenvalue weighted by Gasteiger charge is -2.15. The second kappa shape index (κ2) is 7.59. The van der Waals surface area contributed by atoms with E-state index in [9.17, 15) is 14.6 Å². The number of anilines is 1. The van der Waals surface area contributed by atoms with Crippen LogP contribution >= 0.6 is 11.6 Å². The van der Waals surface area contributed by atoms with Crippen molar-refractivity contribution >= 4 is 28.6 Å². The van der Waals surface area contributed by atoms with Crippen molar-refractivity contribution in [1.82, 2.24) is 19.5 Å². The Morgan fingerprint density at radius 3 is 2.89 bits per heavy atom. The topological polar surface area (TPSA) is 105 Å². The van der Waals surface area contributed by atoms with Crippen LogP contribution in [0.1, 0.15) is 17.4 Å². The summed E-state index contributed by atoms with van der Waals surface area (Å²) in [6.07, 6.45) is -4.02. The number of ether oxygens (including phenoxy) is 1. The summed E-state index contributed by atoms with van der Waals surface area (Å²) in [5, 5.41) is 22.3. The van der Waals surface area contributed by atoms with Crippen molar-refractivity contribution in [3.8, 4) is 0 Å². The molecule has 3 aromatic rings. The van der Waals surface area contributed by atoms with E-state index in [1.54, 1.807) is 0 Å². The minimum absolute atomic E-state index is 0.0337. The molecule has 0 aliphatic carbocycles. The van der Waals surface area contributed by atoms with Crippen molar-refractivity contribution in [2.75, 3.05) is 11.9 Å². The number of nitrogens with zero attached hydrogens (tertiary/aromatic N) is 4. The number of fused-ring (bicyclic) bond motifs is 1. The highest BCUT2D eigenvalue weighted by molar-refractivity contribution is 6.28. The van der Waals surface area contributed by atoms with Crippen LogP contribution in [-0.2, 0) is 11.3 Å². The van der Waals surface area contributed by atoms with Gasteiger partial charge < -0.3 is 20.3 Å². The summed E-state index contributed by atoms with van der Waals surface area (Å²) in [6, 6.07) is 8.00. The molecule has 0 saturated carbocycles. The average Bonchev–Trinajstić information content (AvgIpc) is 3.21. The van der Waals surface area contributed by atoms with E-state index in [0.717, 1.165) is 11.1 Å². The van der Waals surface area contributed by atoms with Gasteiger partial charge in [0.1, 0.15) is 12.2 Å². The molecular formula is C18H19ClFN5O3. The number of rotatable bonds is 5. The summed E-state index contributed by atoms with van der Waals surface area (Å²) in [5.74, 6) is 0.405. The van der Waals surface area contributed by atoms with Gasteiger partial charge in [0.2, 0.25) is 5.28 Å². The van der Waals surface area contributed by atoms with Gasteiger partial charge in [0.05, 0.1) is 12.9 Å². The lowest BCUT2D eigenvalue weighted by Crippen LogP contribution is -2.30. The fourth-order valence-corrected chi connectivity index (χ4v) is 3.45. The lowest BCUT2D eigenvalue weighted by molar-refractivity contribution is -0.0459. The number of hydrogen-bond donors (Lipinski definition) is 3. The zero-order chi connectivity index (χ0) is 19.8. The third kappa shape index (κ3) is 3.42. The molecule has 8 nitrogen and oxygen atoms in total. The standard InChI is InChI=1S/C18H19ClFN5O3/c1-9-3-2-4-10(5-9)6-21-15-13-16(24-18(19)23-15)25(8-22-13)17-12(20)14(27)11(7-26)28-17/h2-5,8,11-12,14,17,26-27H,6-7H2,1H3,(H,21,23,24)/t11-,12+,14-,17-/m1/s1. The summed E-state index contributed by atoms with van der Waals surface area (Å²) >= 11 is 6.06. The van der Waals surface area contributed by atoms with Crippen LogP contribution in [0.25, 0.3) is 11.2 Å². The monoisotopic (exact) mass is 407 g/mol. The molecule has 2 aromatic heterocycles. The predicted octanol–water partition coefficient (Wildman–Crippen LogP) is 1.99. The highest BCUT2D eigenvalue weighted by Crippen LogP contribution is 2.34. The van der Waals surface area contributed by atoms with Crippen molar-refractivity contribution in [3.63, 3.8) is 0 Å². The smallest absolute Gasteiger partial charge is 0.226 e. The summed E-state index contributed by atoms with van der Waals surface area (Å²) in [7, 11) is 0. The summed E-state index contributed by atoms with van der Waals surface area (Å²) < 4.78 is 21.3. The first-order valence-electron chi connectivity index (χ1n) is 8.76. The SMILES string of the molecule is Cc1cccc(CNc2nc(Cl)nc3c2ncn3[C@@H]2O[C@H](CO)[C@@H](O)[C@@H]2F)c1. The normalized spacial score (nSPS) is 24.8. The molecule has 4 atom stereocenters. The van der Waals surface area contributed by atoms with Gasteiger partial charge in [0.25, 0.3) is 0 Å². The quantitative estimate of drug-likeness (QED) is 0.555. The molecule has 1 aromatic carbocycles. The van der Waals surface area contributed by atoms with E-state index in [1.165, 1.54) is 10.9 Å². The maximum atomic E-state index is 14.5. The Morgan fingerprint density at radius 1 is 1.36 bits per heavy atom. The van der Waals surface area contributed by atoms with E-state index >= 15 is 0 Å². The van der Waals surface area contributed by atoms with Crippen LogP contribution in [0.3, 0.4) is 0 Å². The Hall–Kier alpha value is -2.33. The largest absolute Gasteiger partial charge is 0.394 e. The van der Waals surface area contributed by atoms with Crippen LogP contribution in [0, 0.1) is 6.92 Å². The molecule has 3 N–H and O–H groups in total. The average molecular weight is 408 g/mol. The van der Waals surface area contributed by atoms with Crippen LogP contribution in [0.5, 0.6) is 0 Å². The summed E-state index contributed by atoms with van der Waals surface area (Å²) in [4.78, 5) is 12.6. The predicted molar refractivity (Wildman–Crippen MR) is 101 cm³/mol. The third-order valence-electron chi connectivity index (χ3n) is 4.68. The molecule has 10 heteroatoms. The van der Waals surface area contributed by atoms with Crippen LogP contribution in [-0.4, -0.2) is 54.7 Å². The molecule has 0 amide bonds. The molecule has 1 aliphatic heterocycles. The van der Waals surface area contributed by atoms with Crippen molar-refractivity contribution < 1.29 is 19.3 Å². The van der Waals surface area contributed by atoms with Crippen molar-refractivity contribution in [1.29, 1.82) is 0 Å². The highest BCUT2D eigenvalue weighted by Gasteiger charge is 2.45. The zero-order valence-electron chi connectivity index (χ0n) is 15.0. The van der Waals surface area contributed by atoms with Gasteiger partial charge in [-0.15, -0.1) is 0 Å². The van der Waals surface area contributed by atoms with Crippen LogP contribution in [0.4, 0.5) is 10.2 Å². The van der Waals surface area contributed by atoms with Gasteiger partial charge in [0.15, 0.2) is 29.4 Å². The van der Waals surface area contributed by atoms with Crippen LogP contribution in [0.15, 0.2) is 30.6 Å². The molecule has 148 valence electrons. The number of alkyl halides is 1. The van der Waals surface area contributed by atoms with Gasteiger partial charge in [-0.1, -0.05) is 29.8 Å². The van der Waals surface area contributed by atoms with E-state index in [1.807, 2.05) is 31.2 Å². The maximum absolute atomic E-state index is 14.5. The Balaban J connectivity index is 1.65. The number of nitrogens with one attached hydrogen (secondary N) is 1. The lowest BCUT2D eigenvalue weighted by atomic mass is 10.1. The van der Waals surface area contributed by atoms with E-state index < -0.39 is 31.2 Å². The fraction of sp³-hybridized carbons (Fsp3) is 0.389. The van der Waals surface area contributed by atoms with Gasteiger partial charge in [0, 0.05) is 6.54 Å².